The average molecular weight is 222 g/mol. The number of hydrogen-bond donors (Lipinski definition) is 2. The lowest BCUT2D eigenvalue weighted by Crippen LogP contribution is -2.18. The van der Waals surface area contributed by atoms with Crippen LogP contribution in [0.3, 0.4) is 0 Å². The maximum absolute atomic E-state index is 11.1. The van der Waals surface area contributed by atoms with E-state index in [0.29, 0.717) is 12.2 Å². The normalized spacial score (nSPS) is 20.6. The summed E-state index contributed by atoms with van der Waals surface area (Å²) in [4.78, 5) is 11.1. The summed E-state index contributed by atoms with van der Waals surface area (Å²) in [5.41, 5.74) is 0.931. The second-order valence-corrected chi connectivity index (χ2v) is 3.99. The van der Waals surface area contributed by atoms with E-state index in [1.807, 2.05) is 0 Å². The molecule has 1 aliphatic heterocycles. The van der Waals surface area contributed by atoms with Gasteiger partial charge in [0, 0.05) is 12.5 Å². The Kier molecular flexibility index (Phi) is 3.10. The van der Waals surface area contributed by atoms with Crippen molar-refractivity contribution in [2.45, 2.75) is 18.8 Å². The van der Waals surface area contributed by atoms with Crippen molar-refractivity contribution in [3.63, 3.8) is 0 Å². The predicted octanol–water partition coefficient (Wildman–Crippen LogP) is 1.98. The Morgan fingerprint density at radius 3 is 2.88 bits per heavy atom. The van der Waals surface area contributed by atoms with Gasteiger partial charge in [0.2, 0.25) is 0 Å². The van der Waals surface area contributed by atoms with E-state index in [0.717, 1.165) is 19.4 Å². The van der Waals surface area contributed by atoms with E-state index in [-0.39, 0.29) is 17.2 Å². The van der Waals surface area contributed by atoms with Crippen LogP contribution >= 0.6 is 0 Å². The van der Waals surface area contributed by atoms with Crippen molar-refractivity contribution in [3.8, 4) is 5.75 Å². The standard InChI is InChI=1S/C12H14O4/c13-9-3-4-10(12(14)15)11(6-9)8-2-1-5-16-7-8/h3-4,6,8,13H,1-2,5,7H2,(H,14,15)/t8-/m0/s1. The van der Waals surface area contributed by atoms with E-state index in [1.54, 1.807) is 0 Å². The lowest BCUT2D eigenvalue weighted by Gasteiger charge is -2.23. The Morgan fingerprint density at radius 2 is 2.25 bits per heavy atom. The number of carboxylic acid groups (broad SMARTS) is 1. The van der Waals surface area contributed by atoms with Gasteiger partial charge < -0.3 is 14.9 Å². The van der Waals surface area contributed by atoms with Crippen molar-refractivity contribution < 1.29 is 19.7 Å². The first-order chi connectivity index (χ1) is 7.68. The Hall–Kier alpha value is -1.55. The Bertz CT molecular complexity index is 394. The fraction of sp³-hybridized carbons (Fsp3) is 0.417. The first-order valence-corrected chi connectivity index (χ1v) is 5.32. The van der Waals surface area contributed by atoms with Gasteiger partial charge in [-0.15, -0.1) is 0 Å². The number of phenols is 1. The molecule has 1 atom stereocenters. The van der Waals surface area contributed by atoms with Crippen molar-refractivity contribution in [1.29, 1.82) is 0 Å². The molecule has 0 bridgehead atoms. The predicted molar refractivity (Wildman–Crippen MR) is 57.9 cm³/mol. The van der Waals surface area contributed by atoms with Crippen LogP contribution in [0.1, 0.15) is 34.7 Å². The lowest BCUT2D eigenvalue weighted by molar-refractivity contribution is 0.0680. The van der Waals surface area contributed by atoms with Crippen LogP contribution in [0.5, 0.6) is 5.75 Å². The SMILES string of the molecule is O=C(O)c1ccc(O)cc1[C@H]1CCCOC1. The third-order valence-corrected chi connectivity index (χ3v) is 2.87. The number of carbonyl (C=O) groups is 1. The molecule has 4 heteroatoms. The summed E-state index contributed by atoms with van der Waals surface area (Å²) in [7, 11) is 0. The molecule has 1 fully saturated rings. The fourth-order valence-corrected chi connectivity index (χ4v) is 2.07. The van der Waals surface area contributed by atoms with E-state index in [4.69, 9.17) is 9.84 Å². The zero-order valence-corrected chi connectivity index (χ0v) is 8.85. The molecule has 0 amide bonds. The number of aromatic hydroxyl groups is 1. The van der Waals surface area contributed by atoms with E-state index in [2.05, 4.69) is 0 Å². The van der Waals surface area contributed by atoms with Crippen LogP contribution in [-0.4, -0.2) is 29.4 Å². The van der Waals surface area contributed by atoms with Crippen LogP contribution in [0.4, 0.5) is 0 Å². The lowest BCUT2D eigenvalue weighted by atomic mass is 9.89. The van der Waals surface area contributed by atoms with E-state index < -0.39 is 5.97 Å². The molecule has 1 aromatic rings. The van der Waals surface area contributed by atoms with E-state index >= 15 is 0 Å². The fourth-order valence-electron chi connectivity index (χ4n) is 2.07. The quantitative estimate of drug-likeness (QED) is 0.803. The molecule has 0 unspecified atom stereocenters. The highest BCUT2D eigenvalue weighted by atomic mass is 16.5. The van der Waals surface area contributed by atoms with Gasteiger partial charge in [-0.2, -0.15) is 0 Å². The van der Waals surface area contributed by atoms with Gasteiger partial charge in [0.05, 0.1) is 12.2 Å². The molecule has 16 heavy (non-hydrogen) atoms. The zero-order chi connectivity index (χ0) is 11.5. The molecule has 1 heterocycles. The van der Waals surface area contributed by atoms with E-state index in [9.17, 15) is 9.90 Å². The first kappa shape index (κ1) is 11.0. The molecular weight excluding hydrogens is 208 g/mol. The van der Waals surface area contributed by atoms with Crippen LogP contribution in [-0.2, 0) is 4.74 Å². The summed E-state index contributed by atoms with van der Waals surface area (Å²) < 4.78 is 5.34. The number of carboxylic acids is 1. The molecule has 1 aliphatic rings. The summed E-state index contributed by atoms with van der Waals surface area (Å²) in [6.07, 6.45) is 1.84. The number of rotatable bonds is 2. The van der Waals surface area contributed by atoms with Crippen LogP contribution in [0.25, 0.3) is 0 Å². The molecule has 0 saturated carbocycles. The summed E-state index contributed by atoms with van der Waals surface area (Å²) in [5.74, 6) is -0.780. The molecule has 0 spiro atoms. The maximum atomic E-state index is 11.1. The molecular formula is C12H14O4. The second kappa shape index (κ2) is 4.53. The van der Waals surface area contributed by atoms with Gasteiger partial charge in [-0.25, -0.2) is 4.79 Å². The number of hydrogen-bond acceptors (Lipinski definition) is 3. The second-order valence-electron chi connectivity index (χ2n) is 3.99. The van der Waals surface area contributed by atoms with Gasteiger partial charge in [0.15, 0.2) is 0 Å². The van der Waals surface area contributed by atoms with Crippen molar-refractivity contribution in [1.82, 2.24) is 0 Å². The minimum Gasteiger partial charge on any atom is -0.508 e. The zero-order valence-electron chi connectivity index (χ0n) is 8.85. The van der Waals surface area contributed by atoms with Crippen LogP contribution in [0, 0.1) is 0 Å². The molecule has 2 rings (SSSR count). The largest absolute Gasteiger partial charge is 0.508 e. The highest BCUT2D eigenvalue weighted by Crippen LogP contribution is 2.30. The molecule has 1 aromatic carbocycles. The molecule has 0 radical (unpaired) electrons. The smallest absolute Gasteiger partial charge is 0.335 e. The van der Waals surface area contributed by atoms with Gasteiger partial charge in [-0.1, -0.05) is 0 Å². The number of aromatic carboxylic acids is 1. The summed E-state index contributed by atoms with van der Waals surface area (Å²) in [6, 6.07) is 4.38. The van der Waals surface area contributed by atoms with Crippen molar-refractivity contribution in [3.05, 3.63) is 29.3 Å². The number of phenolic OH excluding ortho intramolecular Hbond substituents is 1. The average Bonchev–Trinajstić information content (AvgIpc) is 2.29. The molecule has 4 nitrogen and oxygen atoms in total. The van der Waals surface area contributed by atoms with Gasteiger partial charge in [-0.3, -0.25) is 0 Å². The van der Waals surface area contributed by atoms with Crippen LogP contribution in [0.15, 0.2) is 18.2 Å². The van der Waals surface area contributed by atoms with Crippen LogP contribution < -0.4 is 0 Å². The molecule has 2 N–H and O–H groups in total. The molecule has 1 saturated heterocycles. The summed E-state index contributed by atoms with van der Waals surface area (Å²) in [5, 5.41) is 18.5. The first-order valence-electron chi connectivity index (χ1n) is 5.32. The monoisotopic (exact) mass is 222 g/mol. The highest BCUT2D eigenvalue weighted by molar-refractivity contribution is 5.89. The Morgan fingerprint density at radius 1 is 1.44 bits per heavy atom. The van der Waals surface area contributed by atoms with Crippen molar-refractivity contribution >= 4 is 5.97 Å². The summed E-state index contributed by atoms with van der Waals surface area (Å²) in [6.45, 7) is 1.27. The minimum atomic E-state index is -0.958. The highest BCUT2D eigenvalue weighted by Gasteiger charge is 2.22. The van der Waals surface area contributed by atoms with Gasteiger partial charge in [0.25, 0.3) is 0 Å². The molecule has 0 aliphatic carbocycles. The molecule has 0 aromatic heterocycles. The van der Waals surface area contributed by atoms with E-state index in [1.165, 1.54) is 18.2 Å². The minimum absolute atomic E-state index is 0.0759. The Labute approximate surface area is 93.5 Å². The topological polar surface area (TPSA) is 66.8 Å². The maximum Gasteiger partial charge on any atom is 0.335 e. The third kappa shape index (κ3) is 2.17. The van der Waals surface area contributed by atoms with Gasteiger partial charge in [0.1, 0.15) is 5.75 Å². The Balaban J connectivity index is 2.36. The number of ether oxygens (including phenoxy) is 1. The third-order valence-electron chi connectivity index (χ3n) is 2.87. The number of benzene rings is 1. The summed E-state index contributed by atoms with van der Waals surface area (Å²) >= 11 is 0. The van der Waals surface area contributed by atoms with Crippen molar-refractivity contribution in [2.75, 3.05) is 13.2 Å². The van der Waals surface area contributed by atoms with Crippen molar-refractivity contribution in [2.24, 2.45) is 0 Å². The van der Waals surface area contributed by atoms with Gasteiger partial charge >= 0.3 is 5.97 Å². The van der Waals surface area contributed by atoms with Gasteiger partial charge in [-0.05, 0) is 36.6 Å². The molecule has 86 valence electrons. The van der Waals surface area contributed by atoms with Crippen LogP contribution in [0.2, 0.25) is 0 Å².